The number of benzene rings is 1. The molecule has 1 aromatic heterocycles. The van der Waals surface area contributed by atoms with Gasteiger partial charge >= 0.3 is 5.97 Å². The van der Waals surface area contributed by atoms with Crippen LogP contribution < -0.4 is 5.32 Å². The lowest BCUT2D eigenvalue weighted by Crippen LogP contribution is -2.23. The van der Waals surface area contributed by atoms with Gasteiger partial charge in [0.1, 0.15) is 5.82 Å². The van der Waals surface area contributed by atoms with Gasteiger partial charge < -0.3 is 10.4 Å². The van der Waals surface area contributed by atoms with Crippen LogP contribution in [0.25, 0.3) is 10.9 Å². The summed E-state index contributed by atoms with van der Waals surface area (Å²) in [4.78, 5) is 15.9. The van der Waals surface area contributed by atoms with E-state index < -0.39 is 5.97 Å². The number of fused-ring (bicyclic) bond motifs is 1. The first-order valence-corrected chi connectivity index (χ1v) is 9.00. The van der Waals surface area contributed by atoms with E-state index in [9.17, 15) is 9.90 Å². The van der Waals surface area contributed by atoms with Crippen LogP contribution in [0.15, 0.2) is 30.3 Å². The van der Waals surface area contributed by atoms with Gasteiger partial charge in [0, 0.05) is 34.4 Å². The third-order valence-corrected chi connectivity index (χ3v) is 6.19. The van der Waals surface area contributed by atoms with E-state index in [2.05, 4.69) is 10.3 Å². The predicted molar refractivity (Wildman–Crippen MR) is 90.8 cm³/mol. The van der Waals surface area contributed by atoms with E-state index in [0.717, 1.165) is 12.3 Å². The molecule has 4 nitrogen and oxygen atoms in total. The molecule has 0 spiro atoms. The van der Waals surface area contributed by atoms with Crippen molar-refractivity contribution >= 4 is 46.2 Å². The summed E-state index contributed by atoms with van der Waals surface area (Å²) in [6.07, 6.45) is 0. The number of carbonyl (C=O) groups is 1. The number of anilines is 1. The van der Waals surface area contributed by atoms with Gasteiger partial charge in [-0.25, -0.2) is 9.78 Å². The number of para-hydroxylation sites is 1. The van der Waals surface area contributed by atoms with Crippen molar-refractivity contribution in [3.8, 4) is 0 Å². The highest BCUT2D eigenvalue weighted by atomic mass is 32.2. The first-order chi connectivity index (χ1) is 10.2. The lowest BCUT2D eigenvalue weighted by Gasteiger charge is -2.21. The second-order valence-electron chi connectivity index (χ2n) is 4.83. The van der Waals surface area contributed by atoms with Crippen molar-refractivity contribution in [2.75, 3.05) is 29.1 Å². The van der Waals surface area contributed by atoms with Crippen molar-refractivity contribution in [2.45, 2.75) is 5.25 Å². The minimum atomic E-state index is -0.917. The Morgan fingerprint density at radius 1 is 1.38 bits per heavy atom. The highest BCUT2D eigenvalue weighted by molar-refractivity contribution is 8.06. The average molecular weight is 320 g/mol. The number of carboxylic acid groups (broad SMARTS) is 1. The molecule has 1 aliphatic heterocycles. The summed E-state index contributed by atoms with van der Waals surface area (Å²) in [6.45, 7) is 0.821. The summed E-state index contributed by atoms with van der Waals surface area (Å²) < 4.78 is 0. The van der Waals surface area contributed by atoms with Gasteiger partial charge in [0.2, 0.25) is 0 Å². The maximum Gasteiger partial charge on any atom is 0.336 e. The zero-order chi connectivity index (χ0) is 14.7. The van der Waals surface area contributed by atoms with E-state index in [4.69, 9.17) is 0 Å². The van der Waals surface area contributed by atoms with Crippen LogP contribution in [0.4, 0.5) is 5.82 Å². The van der Waals surface area contributed by atoms with Crippen LogP contribution in [-0.4, -0.2) is 45.1 Å². The Hall–Kier alpha value is -1.40. The molecule has 2 N–H and O–H groups in total. The van der Waals surface area contributed by atoms with Crippen LogP contribution in [0.2, 0.25) is 0 Å². The molecule has 1 saturated heterocycles. The molecule has 0 aliphatic carbocycles. The Kier molecular flexibility index (Phi) is 4.55. The molecular weight excluding hydrogens is 304 g/mol. The molecule has 110 valence electrons. The van der Waals surface area contributed by atoms with Gasteiger partial charge in [0.05, 0.1) is 11.1 Å². The number of thioether (sulfide) groups is 2. The van der Waals surface area contributed by atoms with Crippen LogP contribution in [0, 0.1) is 0 Å². The van der Waals surface area contributed by atoms with E-state index in [0.29, 0.717) is 27.5 Å². The first-order valence-electron chi connectivity index (χ1n) is 6.80. The fourth-order valence-electron chi connectivity index (χ4n) is 2.32. The monoisotopic (exact) mass is 320 g/mol. The Labute approximate surface area is 131 Å². The number of nitrogens with one attached hydrogen (secondary N) is 1. The van der Waals surface area contributed by atoms with Gasteiger partial charge in [0.15, 0.2) is 0 Å². The van der Waals surface area contributed by atoms with Crippen molar-refractivity contribution in [3.63, 3.8) is 0 Å². The molecule has 0 radical (unpaired) electrons. The van der Waals surface area contributed by atoms with E-state index in [1.165, 1.54) is 11.5 Å². The van der Waals surface area contributed by atoms with Crippen molar-refractivity contribution in [3.05, 3.63) is 35.9 Å². The largest absolute Gasteiger partial charge is 0.478 e. The zero-order valence-electron chi connectivity index (χ0n) is 11.4. The van der Waals surface area contributed by atoms with E-state index >= 15 is 0 Å². The fraction of sp³-hybridized carbons (Fsp3) is 0.333. The summed E-state index contributed by atoms with van der Waals surface area (Å²) in [5.74, 6) is 3.26. The van der Waals surface area contributed by atoms with Gasteiger partial charge in [0.25, 0.3) is 0 Å². The molecule has 1 atom stereocenters. The highest BCUT2D eigenvalue weighted by Gasteiger charge is 2.15. The van der Waals surface area contributed by atoms with Crippen LogP contribution in [-0.2, 0) is 0 Å². The number of carboxylic acids is 1. The quantitative estimate of drug-likeness (QED) is 0.902. The van der Waals surface area contributed by atoms with Crippen molar-refractivity contribution in [1.29, 1.82) is 0 Å². The Morgan fingerprint density at radius 3 is 3.00 bits per heavy atom. The lowest BCUT2D eigenvalue weighted by atomic mass is 10.1. The molecule has 2 aromatic rings. The summed E-state index contributed by atoms with van der Waals surface area (Å²) in [5, 5.41) is 13.9. The Balaban J connectivity index is 1.83. The second kappa shape index (κ2) is 6.58. The van der Waals surface area contributed by atoms with Crippen molar-refractivity contribution < 1.29 is 9.90 Å². The third-order valence-electron chi connectivity index (χ3n) is 3.34. The molecular formula is C15H16N2O2S2. The SMILES string of the molecule is O=C(O)c1cc(NCC2CSCCS2)nc2ccccc12. The molecule has 1 fully saturated rings. The van der Waals surface area contributed by atoms with Crippen molar-refractivity contribution in [2.24, 2.45) is 0 Å². The lowest BCUT2D eigenvalue weighted by molar-refractivity contribution is 0.0699. The standard InChI is InChI=1S/C15H16N2O2S2/c18-15(19)12-7-14(16-8-10-9-20-5-6-21-10)17-13-4-2-1-3-11(12)13/h1-4,7,10H,5-6,8-9H2,(H,16,17)(H,18,19). The third kappa shape index (κ3) is 3.44. The van der Waals surface area contributed by atoms with Gasteiger partial charge in [-0.1, -0.05) is 18.2 Å². The minimum absolute atomic E-state index is 0.300. The van der Waals surface area contributed by atoms with Crippen LogP contribution in [0.3, 0.4) is 0 Å². The van der Waals surface area contributed by atoms with E-state index in [1.807, 2.05) is 41.7 Å². The zero-order valence-corrected chi connectivity index (χ0v) is 13.0. The summed E-state index contributed by atoms with van der Waals surface area (Å²) in [5.41, 5.74) is 1.01. The Morgan fingerprint density at radius 2 is 2.24 bits per heavy atom. The summed E-state index contributed by atoms with van der Waals surface area (Å²) >= 11 is 3.94. The van der Waals surface area contributed by atoms with Crippen LogP contribution in [0.1, 0.15) is 10.4 Å². The molecule has 6 heteroatoms. The summed E-state index contributed by atoms with van der Waals surface area (Å²) in [6, 6.07) is 8.98. The Bertz CT molecular complexity index is 657. The first kappa shape index (κ1) is 14.5. The molecule has 0 saturated carbocycles. The maximum atomic E-state index is 11.4. The topological polar surface area (TPSA) is 62.2 Å². The number of nitrogens with zero attached hydrogens (tertiary/aromatic N) is 1. The van der Waals surface area contributed by atoms with Gasteiger partial charge in [-0.15, -0.1) is 0 Å². The van der Waals surface area contributed by atoms with Gasteiger partial charge in [-0.2, -0.15) is 23.5 Å². The fourth-order valence-corrected chi connectivity index (χ4v) is 4.93. The molecule has 2 heterocycles. The second-order valence-corrected chi connectivity index (χ2v) is 7.38. The van der Waals surface area contributed by atoms with E-state index in [1.54, 1.807) is 12.1 Å². The van der Waals surface area contributed by atoms with Gasteiger partial charge in [-0.05, 0) is 12.1 Å². The number of rotatable bonds is 4. The maximum absolute atomic E-state index is 11.4. The molecule has 1 unspecified atom stereocenters. The van der Waals surface area contributed by atoms with E-state index in [-0.39, 0.29) is 0 Å². The van der Waals surface area contributed by atoms with Gasteiger partial charge in [-0.3, -0.25) is 0 Å². The molecule has 3 rings (SSSR count). The molecule has 0 bridgehead atoms. The summed E-state index contributed by atoms with van der Waals surface area (Å²) in [7, 11) is 0. The number of aromatic carboxylic acids is 1. The number of hydrogen-bond acceptors (Lipinski definition) is 5. The smallest absolute Gasteiger partial charge is 0.336 e. The number of pyridine rings is 1. The molecule has 1 aromatic carbocycles. The molecule has 1 aliphatic rings. The average Bonchev–Trinajstić information content (AvgIpc) is 2.53. The molecule has 21 heavy (non-hydrogen) atoms. The highest BCUT2D eigenvalue weighted by Crippen LogP contribution is 2.25. The normalized spacial score (nSPS) is 18.6. The molecule has 0 amide bonds. The van der Waals surface area contributed by atoms with Crippen LogP contribution in [0.5, 0.6) is 0 Å². The number of aromatic nitrogens is 1. The minimum Gasteiger partial charge on any atom is -0.478 e. The van der Waals surface area contributed by atoms with Crippen molar-refractivity contribution in [1.82, 2.24) is 4.98 Å². The number of hydrogen-bond donors (Lipinski definition) is 2. The van der Waals surface area contributed by atoms with Crippen LogP contribution >= 0.6 is 23.5 Å². The predicted octanol–water partition coefficient (Wildman–Crippen LogP) is 3.19.